The third kappa shape index (κ3) is 3.76. The monoisotopic (exact) mass is 336 g/mol. The maximum atomic E-state index is 13.6. The second kappa shape index (κ2) is 6.64. The minimum absolute atomic E-state index is 0.113. The van der Waals surface area contributed by atoms with E-state index < -0.39 is 17.2 Å². The van der Waals surface area contributed by atoms with E-state index in [1.165, 1.54) is 23.0 Å². The van der Waals surface area contributed by atoms with Gasteiger partial charge in [0.2, 0.25) is 5.91 Å². The van der Waals surface area contributed by atoms with Crippen LogP contribution in [0.3, 0.4) is 0 Å². The number of aryl methyl sites for hydroxylation is 1. The van der Waals surface area contributed by atoms with Crippen molar-refractivity contribution in [1.29, 1.82) is 0 Å². The molecule has 0 spiro atoms. The molecule has 128 valence electrons. The third-order valence-electron chi connectivity index (χ3n) is 4.24. The number of aromatic nitrogens is 3. The van der Waals surface area contributed by atoms with Gasteiger partial charge in [0, 0.05) is 25.2 Å². The van der Waals surface area contributed by atoms with Crippen molar-refractivity contribution in [1.82, 2.24) is 19.9 Å². The minimum atomic E-state index is -1.04. The molecule has 0 radical (unpaired) electrons. The number of halogens is 2. The number of aliphatic hydroxyl groups is 1. The van der Waals surface area contributed by atoms with Gasteiger partial charge in [0.1, 0.15) is 17.2 Å². The topological polar surface area (TPSA) is 71.2 Å². The Hall–Kier alpha value is -2.35. The van der Waals surface area contributed by atoms with Gasteiger partial charge >= 0.3 is 0 Å². The van der Waals surface area contributed by atoms with E-state index in [0.717, 1.165) is 6.07 Å². The number of benzene rings is 1. The zero-order chi connectivity index (χ0) is 17.2. The van der Waals surface area contributed by atoms with Gasteiger partial charge in [0.05, 0.1) is 19.3 Å². The fourth-order valence-corrected chi connectivity index (χ4v) is 2.94. The van der Waals surface area contributed by atoms with Gasteiger partial charge in [-0.25, -0.2) is 13.5 Å². The van der Waals surface area contributed by atoms with Gasteiger partial charge in [-0.1, -0.05) is 11.3 Å². The predicted molar refractivity (Wildman–Crippen MR) is 80.8 cm³/mol. The highest BCUT2D eigenvalue weighted by Crippen LogP contribution is 2.24. The summed E-state index contributed by atoms with van der Waals surface area (Å²) in [6.07, 6.45) is 3.94. The Morgan fingerprint density at radius 2 is 2.21 bits per heavy atom. The van der Waals surface area contributed by atoms with E-state index in [1.54, 1.807) is 11.1 Å². The zero-order valence-corrected chi connectivity index (χ0v) is 13.0. The summed E-state index contributed by atoms with van der Waals surface area (Å²) >= 11 is 0. The van der Waals surface area contributed by atoms with Crippen LogP contribution in [0.25, 0.3) is 0 Å². The zero-order valence-electron chi connectivity index (χ0n) is 13.0. The molecule has 1 unspecified atom stereocenters. The Labute approximate surface area is 137 Å². The largest absolute Gasteiger partial charge is 0.386 e. The minimum Gasteiger partial charge on any atom is -0.386 e. The van der Waals surface area contributed by atoms with E-state index in [1.807, 2.05) is 0 Å². The number of nitrogens with zero attached hydrogens (tertiary/aromatic N) is 4. The number of hydrogen-bond donors (Lipinski definition) is 1. The number of carbonyl (C=O) groups is 1. The van der Waals surface area contributed by atoms with Gasteiger partial charge in [-0.3, -0.25) is 4.79 Å². The highest BCUT2D eigenvalue weighted by Gasteiger charge is 2.38. The van der Waals surface area contributed by atoms with Crippen LogP contribution in [0.2, 0.25) is 0 Å². The molecule has 8 heteroatoms. The van der Waals surface area contributed by atoms with Crippen LogP contribution in [-0.2, 0) is 17.8 Å². The molecule has 0 aliphatic carbocycles. The molecule has 1 N–H and O–H groups in total. The van der Waals surface area contributed by atoms with Gasteiger partial charge < -0.3 is 10.0 Å². The first-order valence-electron chi connectivity index (χ1n) is 7.73. The molecule has 0 bridgehead atoms. The van der Waals surface area contributed by atoms with Crippen LogP contribution in [-0.4, -0.2) is 49.6 Å². The van der Waals surface area contributed by atoms with E-state index in [-0.39, 0.29) is 31.8 Å². The van der Waals surface area contributed by atoms with Gasteiger partial charge in [-0.2, -0.15) is 0 Å². The SMILES string of the molecule is O=C(CCc1ccc(F)cc1F)N1CCC(O)(Cn2ccnn2)C1. The lowest BCUT2D eigenvalue weighted by Gasteiger charge is -2.23. The molecule has 6 nitrogen and oxygen atoms in total. The quantitative estimate of drug-likeness (QED) is 0.889. The maximum Gasteiger partial charge on any atom is 0.223 e. The highest BCUT2D eigenvalue weighted by atomic mass is 19.1. The summed E-state index contributed by atoms with van der Waals surface area (Å²) in [5.74, 6) is -1.44. The first kappa shape index (κ1) is 16.5. The molecule has 3 rings (SSSR count). The average molecular weight is 336 g/mol. The summed E-state index contributed by atoms with van der Waals surface area (Å²) in [6, 6.07) is 3.34. The Morgan fingerprint density at radius 3 is 2.92 bits per heavy atom. The normalized spacial score (nSPS) is 20.5. The number of β-amino-alcohol motifs (C(OH)–C–C–N with tert-alkyl or cyclic N) is 1. The number of carbonyl (C=O) groups excluding carboxylic acids is 1. The van der Waals surface area contributed by atoms with E-state index in [9.17, 15) is 18.7 Å². The number of amides is 1. The van der Waals surface area contributed by atoms with Crippen molar-refractivity contribution in [2.45, 2.75) is 31.4 Å². The molecule has 1 atom stereocenters. The van der Waals surface area contributed by atoms with Gasteiger partial charge in [-0.15, -0.1) is 5.10 Å². The van der Waals surface area contributed by atoms with Crippen molar-refractivity contribution in [3.8, 4) is 0 Å². The smallest absolute Gasteiger partial charge is 0.223 e. The lowest BCUT2D eigenvalue weighted by Crippen LogP contribution is -2.39. The molecule has 1 aromatic heterocycles. The Balaban J connectivity index is 1.54. The van der Waals surface area contributed by atoms with Crippen LogP contribution in [0, 0.1) is 11.6 Å². The van der Waals surface area contributed by atoms with E-state index >= 15 is 0 Å². The highest BCUT2D eigenvalue weighted by molar-refractivity contribution is 5.77. The van der Waals surface area contributed by atoms with E-state index in [4.69, 9.17) is 0 Å². The van der Waals surface area contributed by atoms with Crippen molar-refractivity contribution in [3.05, 3.63) is 47.8 Å². The second-order valence-electron chi connectivity index (χ2n) is 6.13. The van der Waals surface area contributed by atoms with Crippen molar-refractivity contribution in [2.75, 3.05) is 13.1 Å². The van der Waals surface area contributed by atoms with Crippen molar-refractivity contribution in [3.63, 3.8) is 0 Å². The van der Waals surface area contributed by atoms with E-state index in [0.29, 0.717) is 18.5 Å². The lowest BCUT2D eigenvalue weighted by atomic mass is 10.0. The number of likely N-dealkylation sites (tertiary alicyclic amines) is 1. The molecular weight excluding hydrogens is 318 g/mol. The molecule has 1 amide bonds. The number of rotatable bonds is 5. The van der Waals surface area contributed by atoms with Crippen LogP contribution in [0.1, 0.15) is 18.4 Å². The van der Waals surface area contributed by atoms with Crippen LogP contribution < -0.4 is 0 Å². The predicted octanol–water partition coefficient (Wildman–Crippen LogP) is 1.15. The van der Waals surface area contributed by atoms with Crippen molar-refractivity contribution in [2.24, 2.45) is 0 Å². The Bertz CT molecular complexity index is 723. The van der Waals surface area contributed by atoms with Crippen LogP contribution in [0.4, 0.5) is 8.78 Å². The Kier molecular flexibility index (Phi) is 4.57. The lowest BCUT2D eigenvalue weighted by molar-refractivity contribution is -0.131. The van der Waals surface area contributed by atoms with Gasteiger partial charge in [-0.05, 0) is 24.5 Å². The molecule has 1 aliphatic heterocycles. The first-order chi connectivity index (χ1) is 11.5. The molecule has 1 aromatic carbocycles. The average Bonchev–Trinajstić information content (AvgIpc) is 3.16. The molecule has 0 saturated carbocycles. The molecular formula is C16H18F2N4O2. The summed E-state index contributed by atoms with van der Waals surface area (Å²) in [7, 11) is 0. The summed E-state index contributed by atoms with van der Waals surface area (Å²) in [4.78, 5) is 13.8. The molecule has 24 heavy (non-hydrogen) atoms. The summed E-state index contributed by atoms with van der Waals surface area (Å²) in [6.45, 7) is 0.914. The van der Waals surface area contributed by atoms with Crippen LogP contribution in [0.5, 0.6) is 0 Å². The molecule has 1 aliphatic rings. The summed E-state index contributed by atoms with van der Waals surface area (Å²) in [5, 5.41) is 18.1. The molecule has 1 fully saturated rings. The standard InChI is InChI=1S/C16H18F2N4O2/c17-13-3-1-12(14(18)9-13)2-4-15(23)21-7-5-16(24,10-21)11-22-8-6-19-20-22/h1,3,6,8-9,24H,2,4-5,7,10-11H2. The fraction of sp³-hybridized carbons (Fsp3) is 0.438. The maximum absolute atomic E-state index is 13.6. The summed E-state index contributed by atoms with van der Waals surface area (Å²) in [5.41, 5.74) is -0.730. The van der Waals surface area contributed by atoms with Crippen molar-refractivity contribution >= 4 is 5.91 Å². The molecule has 1 saturated heterocycles. The third-order valence-corrected chi connectivity index (χ3v) is 4.24. The van der Waals surface area contributed by atoms with Crippen LogP contribution >= 0.6 is 0 Å². The summed E-state index contributed by atoms with van der Waals surface area (Å²) < 4.78 is 28.0. The van der Waals surface area contributed by atoms with Gasteiger partial charge in [0.25, 0.3) is 0 Å². The molecule has 2 heterocycles. The second-order valence-corrected chi connectivity index (χ2v) is 6.13. The van der Waals surface area contributed by atoms with Crippen molar-refractivity contribution < 1.29 is 18.7 Å². The van der Waals surface area contributed by atoms with E-state index in [2.05, 4.69) is 10.3 Å². The molecule has 2 aromatic rings. The van der Waals surface area contributed by atoms with Crippen LogP contribution in [0.15, 0.2) is 30.6 Å². The first-order valence-corrected chi connectivity index (χ1v) is 7.73. The Morgan fingerprint density at radius 1 is 1.38 bits per heavy atom. The number of hydrogen-bond acceptors (Lipinski definition) is 4. The van der Waals surface area contributed by atoms with Gasteiger partial charge in [0.15, 0.2) is 0 Å². The fourth-order valence-electron chi connectivity index (χ4n) is 2.94.